The minimum absolute atomic E-state index is 0.0284. The van der Waals surface area contributed by atoms with Crippen LogP contribution >= 0.6 is 0 Å². The molecular weight excluding hydrogens is 429 g/mol. The molecule has 0 radical (unpaired) electrons. The highest BCUT2D eigenvalue weighted by molar-refractivity contribution is 7.89. The molecule has 2 aliphatic rings. The largest absolute Gasteiger partial charge is 0.416 e. The Morgan fingerprint density at radius 3 is 2.10 bits per heavy atom. The van der Waals surface area contributed by atoms with Gasteiger partial charge in [-0.15, -0.1) is 0 Å². The van der Waals surface area contributed by atoms with Gasteiger partial charge in [0.15, 0.2) is 0 Å². The molecule has 0 bridgehead atoms. The summed E-state index contributed by atoms with van der Waals surface area (Å²) in [6.07, 6.45) is -0.219. The lowest BCUT2D eigenvalue weighted by Gasteiger charge is -2.38. The van der Waals surface area contributed by atoms with Gasteiger partial charge in [0, 0.05) is 24.5 Å². The van der Waals surface area contributed by atoms with Gasteiger partial charge in [0.1, 0.15) is 0 Å². The molecule has 0 aromatic heterocycles. The second kappa shape index (κ2) is 8.73. The average molecular weight is 461 g/mol. The number of sulfonamides is 1. The van der Waals surface area contributed by atoms with E-state index in [9.17, 15) is 26.4 Å². The van der Waals surface area contributed by atoms with Gasteiger partial charge < -0.3 is 4.90 Å². The number of nitrogens with one attached hydrogen (secondary N) is 1. The number of nitrogens with zero attached hydrogens (tertiary/aromatic N) is 1. The number of carbonyl (C=O) groups excluding carboxylic acids is 1. The summed E-state index contributed by atoms with van der Waals surface area (Å²) >= 11 is 0. The van der Waals surface area contributed by atoms with Crippen LogP contribution in [0, 0.1) is 11.3 Å². The van der Waals surface area contributed by atoms with Crippen molar-refractivity contribution in [1.29, 1.82) is 0 Å². The molecule has 31 heavy (non-hydrogen) atoms. The Morgan fingerprint density at radius 2 is 1.58 bits per heavy atom. The smallest absolute Gasteiger partial charge is 0.339 e. The van der Waals surface area contributed by atoms with Crippen LogP contribution in [0.5, 0.6) is 0 Å². The third-order valence-corrected chi connectivity index (χ3v) is 7.96. The Hall–Kier alpha value is -1.61. The first-order valence-electron chi connectivity index (χ1n) is 10.8. The van der Waals surface area contributed by atoms with Crippen molar-refractivity contribution in [3.8, 4) is 0 Å². The van der Waals surface area contributed by atoms with E-state index in [1.54, 1.807) is 0 Å². The minimum Gasteiger partial charge on any atom is -0.339 e. The predicted octanol–water partition coefficient (Wildman–Crippen LogP) is 4.58. The summed E-state index contributed by atoms with van der Waals surface area (Å²) in [6, 6.07) is 3.39. The van der Waals surface area contributed by atoms with Gasteiger partial charge in [0.2, 0.25) is 15.9 Å². The molecule has 5 nitrogen and oxygen atoms in total. The Kier molecular flexibility index (Phi) is 6.77. The molecule has 1 aromatic rings. The van der Waals surface area contributed by atoms with Crippen molar-refractivity contribution in [3.63, 3.8) is 0 Å². The first-order chi connectivity index (χ1) is 14.3. The topological polar surface area (TPSA) is 66.5 Å². The van der Waals surface area contributed by atoms with Gasteiger partial charge in [-0.05, 0) is 68.2 Å². The highest BCUT2D eigenvalue weighted by Gasteiger charge is 2.40. The highest BCUT2D eigenvalue weighted by Crippen LogP contribution is 2.36. The molecule has 1 saturated carbocycles. The van der Waals surface area contributed by atoms with E-state index < -0.39 is 21.8 Å². The third kappa shape index (κ3) is 5.61. The molecule has 3 rings (SSSR count). The van der Waals surface area contributed by atoms with Gasteiger partial charge in [-0.2, -0.15) is 13.2 Å². The summed E-state index contributed by atoms with van der Waals surface area (Å²) < 4.78 is 65.8. The van der Waals surface area contributed by atoms with Gasteiger partial charge in [-0.25, -0.2) is 13.1 Å². The van der Waals surface area contributed by atoms with E-state index in [1.807, 2.05) is 4.90 Å². The van der Waals surface area contributed by atoms with Crippen LogP contribution in [-0.4, -0.2) is 37.9 Å². The molecule has 9 heteroatoms. The number of benzene rings is 1. The van der Waals surface area contributed by atoms with Crippen molar-refractivity contribution in [2.75, 3.05) is 6.54 Å². The van der Waals surface area contributed by atoms with Crippen molar-refractivity contribution in [3.05, 3.63) is 29.8 Å². The second-order valence-corrected chi connectivity index (χ2v) is 11.5. The van der Waals surface area contributed by atoms with Crippen molar-refractivity contribution in [2.24, 2.45) is 11.3 Å². The number of alkyl halides is 3. The molecule has 1 aromatic carbocycles. The fourth-order valence-corrected chi connectivity index (χ4v) is 6.04. The quantitative estimate of drug-likeness (QED) is 0.715. The van der Waals surface area contributed by atoms with E-state index in [4.69, 9.17) is 0 Å². The Labute approximate surface area is 182 Å². The number of carbonyl (C=O) groups is 1. The summed E-state index contributed by atoms with van der Waals surface area (Å²) in [5, 5.41) is 0. The standard InChI is InChI=1S/C22H31F3N2O3S/c1-21(2,3)19-5-4-14-27(19)20(28)15-6-10-17(11-7-15)26-31(29,30)18-12-8-16(9-13-18)22(23,24)25/h8-9,12-13,15,17,19,26H,4-7,10-11,14H2,1-3H3. The summed E-state index contributed by atoms with van der Waals surface area (Å²) in [7, 11) is -3.92. The molecule has 174 valence electrons. The SMILES string of the molecule is CC(C)(C)C1CCCN1C(=O)C1CCC(NS(=O)(=O)c2ccc(C(F)(F)F)cc2)CC1. The predicted molar refractivity (Wildman–Crippen MR) is 112 cm³/mol. The molecule has 1 amide bonds. The lowest BCUT2D eigenvalue weighted by molar-refractivity contribution is -0.139. The summed E-state index contributed by atoms with van der Waals surface area (Å²) in [5.41, 5.74) is -0.860. The minimum atomic E-state index is -4.51. The lowest BCUT2D eigenvalue weighted by atomic mass is 9.82. The van der Waals surface area contributed by atoms with Crippen LogP contribution < -0.4 is 4.72 Å². The van der Waals surface area contributed by atoms with Crippen molar-refractivity contribution < 1.29 is 26.4 Å². The molecule has 1 saturated heterocycles. The van der Waals surface area contributed by atoms with Crippen LogP contribution in [0.3, 0.4) is 0 Å². The molecule has 2 fully saturated rings. The Bertz CT molecular complexity index is 884. The molecule has 1 heterocycles. The zero-order chi connectivity index (χ0) is 23.0. The first-order valence-corrected chi connectivity index (χ1v) is 12.3. The summed E-state index contributed by atoms with van der Waals surface area (Å²) in [6.45, 7) is 7.23. The number of likely N-dealkylation sites (tertiary alicyclic amines) is 1. The molecule has 0 spiro atoms. The van der Waals surface area contributed by atoms with Crippen molar-refractivity contribution >= 4 is 15.9 Å². The maximum Gasteiger partial charge on any atom is 0.416 e. The van der Waals surface area contributed by atoms with E-state index >= 15 is 0 Å². The molecule has 1 unspecified atom stereocenters. The van der Waals surface area contributed by atoms with Crippen molar-refractivity contribution in [2.45, 2.75) is 82.5 Å². The molecule has 1 aliphatic heterocycles. The molecule has 1 aliphatic carbocycles. The zero-order valence-corrected chi connectivity index (χ0v) is 19.0. The van der Waals surface area contributed by atoms with Crippen LogP contribution in [0.1, 0.15) is 64.9 Å². The zero-order valence-electron chi connectivity index (χ0n) is 18.2. The maximum absolute atomic E-state index is 13.1. The number of halogens is 3. The number of hydrogen-bond acceptors (Lipinski definition) is 3. The van der Waals surface area contributed by atoms with Gasteiger partial charge in [-0.1, -0.05) is 20.8 Å². The van der Waals surface area contributed by atoms with Crippen LogP contribution in [0.2, 0.25) is 0 Å². The van der Waals surface area contributed by atoms with Crippen LogP contribution in [0.15, 0.2) is 29.2 Å². The number of hydrogen-bond donors (Lipinski definition) is 1. The summed E-state index contributed by atoms with van der Waals surface area (Å²) in [4.78, 5) is 14.9. The Balaban J connectivity index is 1.58. The molecule has 1 N–H and O–H groups in total. The van der Waals surface area contributed by atoms with Gasteiger partial charge in [-0.3, -0.25) is 4.79 Å². The Morgan fingerprint density at radius 1 is 1.00 bits per heavy atom. The normalized spacial score (nSPS) is 25.6. The van der Waals surface area contributed by atoms with E-state index in [-0.39, 0.29) is 34.2 Å². The van der Waals surface area contributed by atoms with Crippen molar-refractivity contribution in [1.82, 2.24) is 9.62 Å². The fraction of sp³-hybridized carbons (Fsp3) is 0.682. The van der Waals surface area contributed by atoms with E-state index in [1.165, 1.54) is 0 Å². The van der Waals surface area contributed by atoms with E-state index in [2.05, 4.69) is 25.5 Å². The number of rotatable bonds is 4. The maximum atomic E-state index is 13.1. The molecule has 1 atom stereocenters. The fourth-order valence-electron chi connectivity index (χ4n) is 4.73. The van der Waals surface area contributed by atoms with E-state index in [0.29, 0.717) is 25.7 Å². The van der Waals surface area contributed by atoms with Crippen LogP contribution in [-0.2, 0) is 21.0 Å². The van der Waals surface area contributed by atoms with Gasteiger partial charge in [0.25, 0.3) is 0 Å². The van der Waals surface area contributed by atoms with Gasteiger partial charge >= 0.3 is 6.18 Å². The summed E-state index contributed by atoms with van der Waals surface area (Å²) in [5.74, 6) is 0.0660. The van der Waals surface area contributed by atoms with Crippen LogP contribution in [0.4, 0.5) is 13.2 Å². The number of amides is 1. The third-order valence-electron chi connectivity index (χ3n) is 6.43. The van der Waals surface area contributed by atoms with Gasteiger partial charge in [0.05, 0.1) is 10.5 Å². The highest BCUT2D eigenvalue weighted by atomic mass is 32.2. The second-order valence-electron chi connectivity index (χ2n) is 9.75. The molecular formula is C22H31F3N2O3S. The average Bonchev–Trinajstić information content (AvgIpc) is 3.18. The lowest BCUT2D eigenvalue weighted by Crippen LogP contribution is -2.47. The monoisotopic (exact) mass is 460 g/mol. The first kappa shape index (κ1) is 24.0. The van der Waals surface area contributed by atoms with E-state index in [0.717, 1.165) is 43.7 Å². The van der Waals surface area contributed by atoms with Crippen LogP contribution in [0.25, 0.3) is 0 Å².